The van der Waals surface area contributed by atoms with Crippen molar-refractivity contribution < 1.29 is 4.74 Å². The van der Waals surface area contributed by atoms with Crippen LogP contribution in [0.15, 0.2) is 18.2 Å². The van der Waals surface area contributed by atoms with Gasteiger partial charge in [0.05, 0.1) is 12.3 Å². The number of rotatable bonds is 7. The van der Waals surface area contributed by atoms with Gasteiger partial charge in [0.25, 0.3) is 0 Å². The van der Waals surface area contributed by atoms with Crippen LogP contribution in [-0.2, 0) is 11.3 Å². The molecule has 0 aliphatic heterocycles. The van der Waals surface area contributed by atoms with E-state index in [0.29, 0.717) is 5.88 Å². The maximum Gasteiger partial charge on any atom is 0.0589 e. The van der Waals surface area contributed by atoms with Gasteiger partial charge < -0.3 is 4.74 Å². The summed E-state index contributed by atoms with van der Waals surface area (Å²) in [7, 11) is 1.71. The van der Waals surface area contributed by atoms with Crippen LogP contribution in [0, 0.1) is 6.92 Å². The lowest BCUT2D eigenvalue weighted by Crippen LogP contribution is -2.29. The van der Waals surface area contributed by atoms with Gasteiger partial charge in [-0.05, 0) is 19.1 Å². The average molecular weight is 243 g/mol. The molecular weight excluding hydrogens is 224 g/mol. The van der Waals surface area contributed by atoms with E-state index in [1.165, 1.54) is 0 Å². The minimum absolute atomic E-state index is 0.634. The molecule has 0 spiro atoms. The maximum atomic E-state index is 5.77. The summed E-state index contributed by atoms with van der Waals surface area (Å²) in [6.45, 7) is 5.31. The Kier molecular flexibility index (Phi) is 6.38. The molecule has 4 heteroatoms. The molecule has 0 radical (unpaired) electrons. The Morgan fingerprint density at radius 1 is 1.38 bits per heavy atom. The van der Waals surface area contributed by atoms with Crippen molar-refractivity contribution in [1.82, 2.24) is 9.88 Å². The third kappa shape index (κ3) is 4.92. The van der Waals surface area contributed by atoms with Crippen molar-refractivity contribution >= 4 is 11.6 Å². The van der Waals surface area contributed by atoms with Gasteiger partial charge in [0.1, 0.15) is 0 Å². The Morgan fingerprint density at radius 2 is 2.19 bits per heavy atom. The van der Waals surface area contributed by atoms with Crippen molar-refractivity contribution in [3.05, 3.63) is 29.6 Å². The van der Waals surface area contributed by atoms with Crippen molar-refractivity contribution in [2.24, 2.45) is 0 Å². The van der Waals surface area contributed by atoms with E-state index in [9.17, 15) is 0 Å². The molecule has 1 aromatic heterocycles. The van der Waals surface area contributed by atoms with Crippen LogP contribution < -0.4 is 0 Å². The molecule has 0 aliphatic rings. The van der Waals surface area contributed by atoms with Crippen LogP contribution in [-0.4, -0.2) is 42.6 Å². The summed E-state index contributed by atoms with van der Waals surface area (Å²) < 4.78 is 5.07. The monoisotopic (exact) mass is 242 g/mol. The van der Waals surface area contributed by atoms with Gasteiger partial charge in [0.2, 0.25) is 0 Å². The van der Waals surface area contributed by atoms with Gasteiger partial charge in [-0.25, -0.2) is 0 Å². The van der Waals surface area contributed by atoms with Crippen LogP contribution >= 0.6 is 11.6 Å². The number of methoxy groups -OCH3 is 1. The highest BCUT2D eigenvalue weighted by atomic mass is 35.5. The minimum atomic E-state index is 0.634. The number of aryl methyl sites for hydroxylation is 1. The topological polar surface area (TPSA) is 25.4 Å². The number of hydrogen-bond acceptors (Lipinski definition) is 3. The number of pyridine rings is 1. The fourth-order valence-electron chi connectivity index (χ4n) is 1.53. The number of hydrogen-bond donors (Lipinski definition) is 0. The van der Waals surface area contributed by atoms with E-state index in [1.54, 1.807) is 7.11 Å². The Bertz CT molecular complexity index is 307. The molecule has 0 saturated carbocycles. The van der Waals surface area contributed by atoms with Crippen LogP contribution in [0.25, 0.3) is 0 Å². The first kappa shape index (κ1) is 13.4. The molecule has 0 aromatic carbocycles. The normalized spacial score (nSPS) is 11.0. The molecule has 90 valence electrons. The summed E-state index contributed by atoms with van der Waals surface area (Å²) in [6.07, 6.45) is 0. The first-order chi connectivity index (χ1) is 7.76. The SMILES string of the molecule is COCCN(CCCl)Cc1cccc(C)n1. The van der Waals surface area contributed by atoms with E-state index < -0.39 is 0 Å². The molecule has 0 unspecified atom stereocenters. The molecule has 0 saturated heterocycles. The number of nitrogens with zero attached hydrogens (tertiary/aromatic N) is 2. The van der Waals surface area contributed by atoms with Gasteiger partial charge in [-0.1, -0.05) is 6.07 Å². The predicted molar refractivity (Wildman–Crippen MR) is 66.8 cm³/mol. The van der Waals surface area contributed by atoms with Crippen LogP contribution in [0.5, 0.6) is 0 Å². The van der Waals surface area contributed by atoms with Crippen molar-refractivity contribution in [1.29, 1.82) is 0 Å². The summed E-state index contributed by atoms with van der Waals surface area (Å²) >= 11 is 5.77. The second-order valence-electron chi connectivity index (χ2n) is 3.73. The van der Waals surface area contributed by atoms with E-state index in [4.69, 9.17) is 16.3 Å². The molecule has 1 aromatic rings. The van der Waals surface area contributed by atoms with E-state index in [1.807, 2.05) is 25.1 Å². The quantitative estimate of drug-likeness (QED) is 0.685. The van der Waals surface area contributed by atoms with Gasteiger partial charge in [-0.2, -0.15) is 0 Å². The molecule has 1 rings (SSSR count). The predicted octanol–water partition coefficient (Wildman–Crippen LogP) is 2.08. The summed E-state index contributed by atoms with van der Waals surface area (Å²) in [5.41, 5.74) is 2.14. The molecule has 0 fully saturated rings. The number of ether oxygens (including phenoxy) is 1. The van der Waals surface area contributed by atoms with Crippen LogP contribution in [0.2, 0.25) is 0 Å². The third-order valence-electron chi connectivity index (χ3n) is 2.34. The Hall–Kier alpha value is -0.640. The zero-order chi connectivity index (χ0) is 11.8. The molecule has 0 amide bonds. The van der Waals surface area contributed by atoms with Gasteiger partial charge in [0, 0.05) is 38.3 Å². The van der Waals surface area contributed by atoms with Crippen molar-refractivity contribution in [3.8, 4) is 0 Å². The molecule has 0 bridgehead atoms. The highest BCUT2D eigenvalue weighted by Crippen LogP contribution is 2.03. The van der Waals surface area contributed by atoms with Crippen LogP contribution in [0.4, 0.5) is 0 Å². The Morgan fingerprint density at radius 3 is 2.81 bits per heavy atom. The van der Waals surface area contributed by atoms with Crippen molar-refractivity contribution in [3.63, 3.8) is 0 Å². The highest BCUT2D eigenvalue weighted by Gasteiger charge is 2.05. The first-order valence-electron chi connectivity index (χ1n) is 5.46. The molecular formula is C12H19ClN2O. The average Bonchev–Trinajstić information content (AvgIpc) is 2.26. The fourth-order valence-corrected chi connectivity index (χ4v) is 1.77. The fraction of sp³-hybridized carbons (Fsp3) is 0.583. The van der Waals surface area contributed by atoms with Crippen molar-refractivity contribution in [2.45, 2.75) is 13.5 Å². The van der Waals surface area contributed by atoms with Gasteiger partial charge >= 0.3 is 0 Å². The molecule has 0 aliphatic carbocycles. The molecule has 1 heterocycles. The number of alkyl halides is 1. The summed E-state index contributed by atoms with van der Waals surface area (Å²) in [4.78, 5) is 6.73. The largest absolute Gasteiger partial charge is 0.383 e. The number of halogens is 1. The lowest BCUT2D eigenvalue weighted by molar-refractivity contribution is 0.147. The van der Waals surface area contributed by atoms with Crippen LogP contribution in [0.1, 0.15) is 11.4 Å². The third-order valence-corrected chi connectivity index (χ3v) is 2.51. The maximum absolute atomic E-state index is 5.77. The van der Waals surface area contributed by atoms with Gasteiger partial charge in [-0.3, -0.25) is 9.88 Å². The minimum Gasteiger partial charge on any atom is -0.383 e. The highest BCUT2D eigenvalue weighted by molar-refractivity contribution is 6.18. The van der Waals surface area contributed by atoms with Gasteiger partial charge in [0.15, 0.2) is 0 Å². The van der Waals surface area contributed by atoms with Crippen LogP contribution in [0.3, 0.4) is 0 Å². The second kappa shape index (κ2) is 7.60. The molecule has 0 atom stereocenters. The molecule has 3 nitrogen and oxygen atoms in total. The molecule has 16 heavy (non-hydrogen) atoms. The zero-order valence-corrected chi connectivity index (χ0v) is 10.7. The van der Waals surface area contributed by atoms with Crippen molar-refractivity contribution in [2.75, 3.05) is 32.7 Å². The summed E-state index contributed by atoms with van der Waals surface area (Å²) in [6, 6.07) is 6.08. The smallest absolute Gasteiger partial charge is 0.0589 e. The Balaban J connectivity index is 2.52. The lowest BCUT2D eigenvalue weighted by atomic mass is 10.3. The van der Waals surface area contributed by atoms with E-state index in [-0.39, 0.29) is 0 Å². The van der Waals surface area contributed by atoms with Gasteiger partial charge in [-0.15, -0.1) is 11.6 Å². The standard InChI is InChI=1S/C12H19ClN2O/c1-11-4-3-5-12(14-11)10-15(7-6-13)8-9-16-2/h3-5H,6-10H2,1-2H3. The van der Waals surface area contributed by atoms with E-state index in [2.05, 4.69) is 9.88 Å². The second-order valence-corrected chi connectivity index (χ2v) is 4.11. The van der Waals surface area contributed by atoms with E-state index >= 15 is 0 Å². The summed E-state index contributed by atoms with van der Waals surface area (Å²) in [5.74, 6) is 0.634. The molecule has 0 N–H and O–H groups in total. The Labute approximate surface area is 102 Å². The zero-order valence-electron chi connectivity index (χ0n) is 9.95. The first-order valence-corrected chi connectivity index (χ1v) is 5.99. The summed E-state index contributed by atoms with van der Waals surface area (Å²) in [5, 5.41) is 0. The lowest BCUT2D eigenvalue weighted by Gasteiger charge is -2.20. The van der Waals surface area contributed by atoms with E-state index in [0.717, 1.165) is 37.6 Å². The number of aromatic nitrogens is 1.